The molecule has 3 nitrogen and oxygen atoms in total. The Balaban J connectivity index is 1.54. The fourth-order valence-corrected chi connectivity index (χ4v) is 4.28. The smallest absolute Gasteiger partial charge is 0.169 e. The minimum absolute atomic E-state index is 0.358. The van der Waals surface area contributed by atoms with Crippen LogP contribution in [0.25, 0.3) is 0 Å². The van der Waals surface area contributed by atoms with Crippen LogP contribution >= 0.6 is 24.0 Å². The zero-order valence-electron chi connectivity index (χ0n) is 14.7. The summed E-state index contributed by atoms with van der Waals surface area (Å²) < 4.78 is 0. The number of likely N-dealkylation sites (N-methyl/N-ethyl adjacent to an activating group) is 1. The van der Waals surface area contributed by atoms with Crippen LogP contribution in [0.5, 0.6) is 0 Å². The van der Waals surface area contributed by atoms with Crippen molar-refractivity contribution in [3.05, 3.63) is 66.2 Å². The molecule has 2 aromatic rings. The molecule has 1 heterocycles. The molecule has 3 rings (SSSR count). The van der Waals surface area contributed by atoms with Gasteiger partial charge in [0.25, 0.3) is 0 Å². The summed E-state index contributed by atoms with van der Waals surface area (Å²) in [7, 11) is 2.26. The van der Waals surface area contributed by atoms with Gasteiger partial charge in [-0.3, -0.25) is 0 Å². The Morgan fingerprint density at radius 2 is 1.84 bits per heavy atom. The number of thioether (sulfide) groups is 1. The van der Waals surface area contributed by atoms with E-state index in [4.69, 9.17) is 12.2 Å². The molecule has 0 amide bonds. The highest BCUT2D eigenvalue weighted by Crippen LogP contribution is 2.21. The fraction of sp³-hybridized carbons (Fsp3) is 0.350. The third kappa shape index (κ3) is 5.21. The van der Waals surface area contributed by atoms with Crippen molar-refractivity contribution in [1.29, 1.82) is 0 Å². The average molecular weight is 373 g/mol. The first-order valence-corrected chi connectivity index (χ1v) is 10.2. The van der Waals surface area contributed by atoms with Gasteiger partial charge in [-0.2, -0.15) is 0 Å². The van der Waals surface area contributed by atoms with Crippen LogP contribution in [0.3, 0.4) is 0 Å². The van der Waals surface area contributed by atoms with E-state index in [9.17, 15) is 0 Å². The summed E-state index contributed by atoms with van der Waals surface area (Å²) in [6.45, 7) is 4.11. The Morgan fingerprint density at radius 1 is 1.16 bits per heavy atom. The normalized spacial score (nSPS) is 20.3. The lowest BCUT2D eigenvalue weighted by molar-refractivity contribution is -0.887. The lowest BCUT2D eigenvalue weighted by Crippen LogP contribution is -3.12. The number of hydrogen-bond acceptors (Lipinski definition) is 2. The molecule has 2 aromatic carbocycles. The molecule has 1 aliphatic heterocycles. The number of nitrogens with zero attached hydrogens (tertiary/aromatic N) is 1. The van der Waals surface area contributed by atoms with Crippen LogP contribution < -0.4 is 10.2 Å². The quantitative estimate of drug-likeness (QED) is 0.476. The Morgan fingerprint density at radius 3 is 2.56 bits per heavy atom. The summed E-state index contributed by atoms with van der Waals surface area (Å²) in [6.07, 6.45) is 0. The predicted molar refractivity (Wildman–Crippen MR) is 110 cm³/mol. The van der Waals surface area contributed by atoms with E-state index in [-0.39, 0.29) is 0 Å². The van der Waals surface area contributed by atoms with Crippen molar-refractivity contribution in [2.45, 2.75) is 10.9 Å². The molecule has 0 aromatic heterocycles. The predicted octanol–water partition coefficient (Wildman–Crippen LogP) is 2.22. The van der Waals surface area contributed by atoms with Crippen molar-refractivity contribution >= 4 is 29.1 Å². The highest BCUT2D eigenvalue weighted by atomic mass is 32.2. The third-order valence-electron chi connectivity index (χ3n) is 4.53. The summed E-state index contributed by atoms with van der Waals surface area (Å²) in [5.74, 6) is 1.01. The monoisotopic (exact) mass is 372 g/mol. The third-order valence-corrected chi connectivity index (χ3v) is 5.93. The Labute approximate surface area is 160 Å². The molecule has 1 aliphatic rings. The largest absolute Gasteiger partial charge is 0.362 e. The number of nitrogens with one attached hydrogen (secondary N) is 2. The summed E-state index contributed by atoms with van der Waals surface area (Å²) >= 11 is 7.58. The second-order valence-corrected chi connectivity index (χ2v) is 7.98. The van der Waals surface area contributed by atoms with Crippen LogP contribution in [0.15, 0.2) is 65.6 Å². The van der Waals surface area contributed by atoms with Gasteiger partial charge in [0.15, 0.2) is 5.11 Å². The summed E-state index contributed by atoms with van der Waals surface area (Å²) in [5.41, 5.74) is 1.35. The first kappa shape index (κ1) is 18.2. The molecule has 2 atom stereocenters. The number of piperazine rings is 1. The average Bonchev–Trinajstić information content (AvgIpc) is 2.66. The van der Waals surface area contributed by atoms with Crippen molar-refractivity contribution in [3.8, 4) is 0 Å². The lowest BCUT2D eigenvalue weighted by atomic mass is 10.0. The van der Waals surface area contributed by atoms with Gasteiger partial charge < -0.3 is 15.1 Å². The van der Waals surface area contributed by atoms with E-state index < -0.39 is 0 Å². The van der Waals surface area contributed by atoms with Crippen LogP contribution in [0, 0.1) is 0 Å². The van der Waals surface area contributed by atoms with E-state index in [1.54, 1.807) is 4.90 Å². The van der Waals surface area contributed by atoms with Gasteiger partial charge in [0.05, 0.1) is 20.1 Å². The summed E-state index contributed by atoms with van der Waals surface area (Å²) in [4.78, 5) is 5.23. The van der Waals surface area contributed by atoms with Gasteiger partial charge in [0, 0.05) is 17.2 Å². The van der Waals surface area contributed by atoms with E-state index in [0.29, 0.717) is 6.04 Å². The Bertz CT molecular complexity index is 663. The maximum Gasteiger partial charge on any atom is 0.169 e. The molecular weight excluding hydrogens is 346 g/mol. The summed E-state index contributed by atoms with van der Waals surface area (Å²) in [5, 5.41) is 4.35. The molecule has 0 aliphatic carbocycles. The van der Waals surface area contributed by atoms with Crippen molar-refractivity contribution in [2.24, 2.45) is 0 Å². The second kappa shape index (κ2) is 9.22. The van der Waals surface area contributed by atoms with E-state index in [2.05, 4.69) is 77.9 Å². The zero-order chi connectivity index (χ0) is 17.5. The first-order chi connectivity index (χ1) is 12.2. The first-order valence-electron chi connectivity index (χ1n) is 8.82. The van der Waals surface area contributed by atoms with E-state index in [0.717, 1.165) is 37.0 Å². The van der Waals surface area contributed by atoms with Gasteiger partial charge in [0.1, 0.15) is 12.6 Å². The number of thiocarbonyl (C=S) groups is 1. The molecule has 25 heavy (non-hydrogen) atoms. The highest BCUT2D eigenvalue weighted by molar-refractivity contribution is 7.99. The number of quaternary nitrogens is 1. The van der Waals surface area contributed by atoms with Crippen LogP contribution in [-0.2, 0) is 0 Å². The van der Waals surface area contributed by atoms with Crippen LogP contribution in [-0.4, -0.2) is 49.0 Å². The van der Waals surface area contributed by atoms with Crippen LogP contribution in [0.1, 0.15) is 11.6 Å². The summed E-state index contributed by atoms with van der Waals surface area (Å²) in [6, 6.07) is 21.6. The van der Waals surface area contributed by atoms with Gasteiger partial charge in [-0.1, -0.05) is 48.5 Å². The number of benzene rings is 2. The van der Waals surface area contributed by atoms with Gasteiger partial charge >= 0.3 is 0 Å². The minimum atomic E-state index is 0.358. The fourth-order valence-electron chi connectivity index (χ4n) is 3.17. The Hall–Kier alpha value is -1.56. The lowest BCUT2D eigenvalue weighted by Gasteiger charge is -2.39. The molecule has 1 unspecified atom stereocenters. The van der Waals surface area contributed by atoms with Gasteiger partial charge in [-0.05, 0) is 29.9 Å². The molecule has 2 N–H and O–H groups in total. The zero-order valence-corrected chi connectivity index (χ0v) is 16.3. The molecule has 132 valence electrons. The molecule has 0 radical (unpaired) electrons. The maximum atomic E-state index is 5.72. The van der Waals surface area contributed by atoms with Crippen molar-refractivity contribution in [2.75, 3.05) is 39.0 Å². The van der Waals surface area contributed by atoms with Crippen molar-refractivity contribution in [3.63, 3.8) is 0 Å². The molecule has 0 bridgehead atoms. The van der Waals surface area contributed by atoms with Gasteiger partial charge in [0.2, 0.25) is 0 Å². The maximum absolute atomic E-state index is 5.72. The Kier molecular flexibility index (Phi) is 6.73. The molecule has 0 saturated carbocycles. The van der Waals surface area contributed by atoms with Gasteiger partial charge in [-0.25, -0.2) is 0 Å². The molecule has 1 fully saturated rings. The molecular formula is C20H26N3S2+. The minimum Gasteiger partial charge on any atom is -0.362 e. The molecule has 0 spiro atoms. The number of hydrogen-bond donors (Lipinski definition) is 2. The molecule has 1 saturated heterocycles. The van der Waals surface area contributed by atoms with Crippen molar-refractivity contribution < 1.29 is 4.90 Å². The van der Waals surface area contributed by atoms with E-state index >= 15 is 0 Å². The second-order valence-electron chi connectivity index (χ2n) is 6.42. The van der Waals surface area contributed by atoms with Crippen LogP contribution in [0.4, 0.5) is 0 Å². The molecule has 5 heteroatoms. The van der Waals surface area contributed by atoms with Crippen molar-refractivity contribution in [1.82, 2.24) is 10.2 Å². The standard InChI is InChI=1S/C20H25N3S2/c1-22-13-14-23(19(16-22)17-8-4-2-5-9-17)20(24)21-12-15-25-18-10-6-3-7-11-18/h2-11,19H,12-16H2,1H3,(H,21,24)/p+1/t19-/m0/s1. The van der Waals surface area contributed by atoms with Gasteiger partial charge in [-0.15, -0.1) is 11.8 Å². The number of rotatable bonds is 5. The topological polar surface area (TPSA) is 19.7 Å². The van der Waals surface area contributed by atoms with E-state index in [1.165, 1.54) is 10.5 Å². The highest BCUT2D eigenvalue weighted by Gasteiger charge is 2.30. The van der Waals surface area contributed by atoms with Crippen LogP contribution in [0.2, 0.25) is 0 Å². The SMILES string of the molecule is C[NH+]1CCN(C(=S)NCCSc2ccccc2)[C@H](c2ccccc2)C1. The van der Waals surface area contributed by atoms with E-state index in [1.807, 2.05) is 11.8 Å².